The summed E-state index contributed by atoms with van der Waals surface area (Å²) < 4.78 is 1.84. The average Bonchev–Trinajstić information content (AvgIpc) is 2.72. The van der Waals surface area contributed by atoms with Crippen molar-refractivity contribution in [3.63, 3.8) is 0 Å². The molecule has 0 fully saturated rings. The van der Waals surface area contributed by atoms with Crippen molar-refractivity contribution in [3.8, 4) is 0 Å². The van der Waals surface area contributed by atoms with Crippen molar-refractivity contribution in [2.75, 3.05) is 5.75 Å². The lowest BCUT2D eigenvalue weighted by Gasteiger charge is -2.12. The molecule has 1 heterocycles. The summed E-state index contributed by atoms with van der Waals surface area (Å²) in [5.41, 5.74) is 8.17. The fourth-order valence-corrected chi connectivity index (χ4v) is 3.64. The molecule has 0 aliphatic rings. The summed E-state index contributed by atoms with van der Waals surface area (Å²) >= 11 is 14.0. The number of aryl methyl sites for hydroxylation is 2. The fourth-order valence-electron chi connectivity index (χ4n) is 2.11. The van der Waals surface area contributed by atoms with Gasteiger partial charge in [0.15, 0.2) is 0 Å². The average molecular weight is 344 g/mol. The second kappa shape index (κ2) is 7.54. The first kappa shape index (κ1) is 16.7. The van der Waals surface area contributed by atoms with Gasteiger partial charge in [-0.25, -0.2) is 0 Å². The fraction of sp³-hybridized carbons (Fsp3) is 0.400. The number of aromatic nitrogens is 2. The lowest BCUT2D eigenvalue weighted by Crippen LogP contribution is -2.26. The van der Waals surface area contributed by atoms with Gasteiger partial charge in [0.05, 0.1) is 16.4 Å². The Bertz CT molecular complexity index is 613. The third-order valence-corrected chi connectivity index (χ3v) is 5.07. The van der Waals surface area contributed by atoms with E-state index in [0.717, 1.165) is 44.9 Å². The molecule has 1 unspecified atom stereocenters. The van der Waals surface area contributed by atoms with Crippen LogP contribution in [0.25, 0.3) is 0 Å². The number of benzene rings is 1. The molecule has 0 aliphatic carbocycles. The minimum atomic E-state index is 0.0200. The molecule has 2 N–H and O–H groups in total. The van der Waals surface area contributed by atoms with Crippen molar-refractivity contribution < 1.29 is 0 Å². The quantitative estimate of drug-likeness (QED) is 0.807. The maximum atomic E-state index is 6.35. The highest BCUT2D eigenvalue weighted by Crippen LogP contribution is 2.25. The van der Waals surface area contributed by atoms with Crippen LogP contribution in [0.5, 0.6) is 0 Å². The second-order valence-corrected chi connectivity index (χ2v) is 6.82. The first-order valence-electron chi connectivity index (χ1n) is 6.85. The number of hydrogen-bond acceptors (Lipinski definition) is 3. The van der Waals surface area contributed by atoms with E-state index < -0.39 is 0 Å². The number of hydrogen-bond donors (Lipinski definition) is 1. The Labute approximate surface area is 139 Å². The van der Waals surface area contributed by atoms with E-state index >= 15 is 0 Å². The molecule has 3 nitrogen and oxygen atoms in total. The van der Waals surface area contributed by atoms with Gasteiger partial charge in [0.2, 0.25) is 0 Å². The Morgan fingerprint density at radius 1 is 1.38 bits per heavy atom. The van der Waals surface area contributed by atoms with E-state index in [1.165, 1.54) is 0 Å². The molecule has 0 saturated carbocycles. The number of nitrogens with two attached hydrogens (primary N) is 1. The minimum Gasteiger partial charge on any atom is -0.327 e. The smallest absolute Gasteiger partial charge is 0.0850 e. The molecule has 0 bridgehead atoms. The van der Waals surface area contributed by atoms with Gasteiger partial charge in [-0.3, -0.25) is 4.68 Å². The van der Waals surface area contributed by atoms with Gasteiger partial charge in [-0.1, -0.05) is 36.2 Å². The third-order valence-electron chi connectivity index (χ3n) is 3.22. The summed E-state index contributed by atoms with van der Waals surface area (Å²) in [6, 6.07) is 7.82. The van der Waals surface area contributed by atoms with Crippen LogP contribution in [0.1, 0.15) is 18.3 Å². The lowest BCUT2D eigenvalue weighted by atomic mass is 10.2. The monoisotopic (exact) mass is 343 g/mol. The zero-order chi connectivity index (χ0) is 15.4. The standard InChI is InChI=1S/C15H19Cl2N3S/c1-3-13-15(17)14(20(2)19-13)8-11(18)9-21-12-6-4-5-10(16)7-12/h4-7,11H,3,8-9,18H2,1-2H3. The molecule has 0 radical (unpaired) electrons. The Morgan fingerprint density at radius 3 is 2.76 bits per heavy atom. The topological polar surface area (TPSA) is 43.8 Å². The van der Waals surface area contributed by atoms with Gasteiger partial charge in [0.25, 0.3) is 0 Å². The molecule has 1 aromatic carbocycles. The Balaban J connectivity index is 1.96. The molecule has 6 heteroatoms. The summed E-state index contributed by atoms with van der Waals surface area (Å²) in [6.07, 6.45) is 1.55. The molecule has 1 aromatic heterocycles. The molecule has 1 atom stereocenters. The largest absolute Gasteiger partial charge is 0.327 e. The van der Waals surface area contributed by atoms with Gasteiger partial charge in [-0.2, -0.15) is 5.10 Å². The Morgan fingerprint density at radius 2 is 2.14 bits per heavy atom. The van der Waals surface area contributed by atoms with Crippen LogP contribution < -0.4 is 5.73 Å². The third kappa shape index (κ3) is 4.39. The van der Waals surface area contributed by atoms with Crippen molar-refractivity contribution in [2.24, 2.45) is 12.8 Å². The predicted molar refractivity (Wildman–Crippen MR) is 91.5 cm³/mol. The summed E-state index contributed by atoms with van der Waals surface area (Å²) in [5, 5.41) is 5.92. The van der Waals surface area contributed by atoms with Crippen molar-refractivity contribution in [1.82, 2.24) is 9.78 Å². The number of thioether (sulfide) groups is 1. The summed E-state index contributed by atoms with van der Waals surface area (Å²) in [7, 11) is 1.91. The van der Waals surface area contributed by atoms with Crippen LogP contribution in [-0.2, 0) is 19.9 Å². The molecule has 0 saturated heterocycles. The van der Waals surface area contributed by atoms with Crippen LogP contribution in [-0.4, -0.2) is 21.6 Å². The molecule has 0 spiro atoms. The Kier molecular flexibility index (Phi) is 5.99. The summed E-state index contributed by atoms with van der Waals surface area (Å²) in [5.74, 6) is 0.809. The zero-order valence-electron chi connectivity index (χ0n) is 12.1. The zero-order valence-corrected chi connectivity index (χ0v) is 14.5. The van der Waals surface area contributed by atoms with Crippen molar-refractivity contribution >= 4 is 35.0 Å². The first-order chi connectivity index (χ1) is 10.0. The van der Waals surface area contributed by atoms with Crippen LogP contribution in [0.15, 0.2) is 29.2 Å². The molecule has 0 aliphatic heterocycles. The maximum absolute atomic E-state index is 6.35. The van der Waals surface area contributed by atoms with Gasteiger partial charge >= 0.3 is 0 Å². The molecule has 2 rings (SSSR count). The number of halogens is 2. The first-order valence-corrected chi connectivity index (χ1v) is 8.59. The predicted octanol–water partition coefficient (Wildman–Crippen LogP) is 3.95. The highest BCUT2D eigenvalue weighted by Gasteiger charge is 2.16. The molecular weight excluding hydrogens is 325 g/mol. The van der Waals surface area contributed by atoms with Gasteiger partial charge < -0.3 is 5.73 Å². The van der Waals surface area contributed by atoms with Crippen LogP contribution in [0.2, 0.25) is 10.0 Å². The highest BCUT2D eigenvalue weighted by atomic mass is 35.5. The van der Waals surface area contributed by atoms with Crippen LogP contribution in [0.3, 0.4) is 0 Å². The van der Waals surface area contributed by atoms with E-state index in [-0.39, 0.29) is 6.04 Å². The van der Waals surface area contributed by atoms with E-state index in [2.05, 4.69) is 5.10 Å². The van der Waals surface area contributed by atoms with Crippen molar-refractivity contribution in [2.45, 2.75) is 30.7 Å². The van der Waals surface area contributed by atoms with Gasteiger partial charge in [-0.05, 0) is 24.6 Å². The van der Waals surface area contributed by atoms with E-state index in [9.17, 15) is 0 Å². The Hall–Kier alpha value is -0.680. The van der Waals surface area contributed by atoms with Crippen LogP contribution >= 0.6 is 35.0 Å². The molecule has 21 heavy (non-hydrogen) atoms. The molecule has 2 aromatic rings. The molecule has 0 amide bonds. The van der Waals surface area contributed by atoms with Crippen LogP contribution in [0, 0.1) is 0 Å². The van der Waals surface area contributed by atoms with Crippen molar-refractivity contribution in [1.29, 1.82) is 0 Å². The normalized spacial score (nSPS) is 12.6. The summed E-state index contributed by atoms with van der Waals surface area (Å²) in [4.78, 5) is 1.13. The lowest BCUT2D eigenvalue weighted by molar-refractivity contribution is 0.650. The van der Waals surface area contributed by atoms with E-state index in [1.54, 1.807) is 11.8 Å². The van der Waals surface area contributed by atoms with Crippen LogP contribution in [0.4, 0.5) is 0 Å². The number of rotatable bonds is 6. The van der Waals surface area contributed by atoms with Gasteiger partial charge in [-0.15, -0.1) is 11.8 Å². The van der Waals surface area contributed by atoms with Gasteiger partial charge in [0.1, 0.15) is 0 Å². The van der Waals surface area contributed by atoms with Crippen molar-refractivity contribution in [3.05, 3.63) is 45.7 Å². The van der Waals surface area contributed by atoms with E-state index in [1.807, 2.05) is 42.9 Å². The molecule has 114 valence electrons. The van der Waals surface area contributed by atoms with E-state index in [4.69, 9.17) is 28.9 Å². The summed E-state index contributed by atoms with van der Waals surface area (Å²) in [6.45, 7) is 2.05. The SMILES string of the molecule is CCc1nn(C)c(CC(N)CSc2cccc(Cl)c2)c1Cl. The second-order valence-electron chi connectivity index (χ2n) is 4.92. The van der Waals surface area contributed by atoms with E-state index in [0.29, 0.717) is 0 Å². The van der Waals surface area contributed by atoms with Gasteiger partial charge in [0, 0.05) is 35.2 Å². The number of nitrogens with zero attached hydrogens (tertiary/aromatic N) is 2. The maximum Gasteiger partial charge on any atom is 0.0850 e. The minimum absolute atomic E-state index is 0.0200. The molecular formula is C15H19Cl2N3S. The highest BCUT2D eigenvalue weighted by molar-refractivity contribution is 7.99.